The Bertz CT molecular complexity index is 1470. The average Bonchev–Trinajstić information content (AvgIpc) is 3.00. The monoisotopic (exact) mass is 538 g/mol. The molecule has 6 aromatic rings. The van der Waals surface area contributed by atoms with E-state index in [0.717, 1.165) is 50.4 Å². The molecule has 0 radical (unpaired) electrons. The lowest BCUT2D eigenvalue weighted by Gasteiger charge is -2.21. The lowest BCUT2D eigenvalue weighted by atomic mass is 10.3. The van der Waals surface area contributed by atoms with Gasteiger partial charge in [-0.2, -0.15) is 0 Å². The first-order valence-electron chi connectivity index (χ1n) is 13.1. The van der Waals surface area contributed by atoms with Crippen molar-refractivity contribution in [3.05, 3.63) is 164 Å². The molecule has 0 heterocycles. The number of para-hydroxylation sites is 3. The maximum atomic E-state index is 6.21. The third kappa shape index (κ3) is 6.40. The predicted molar refractivity (Wildman–Crippen MR) is 165 cm³/mol. The molecule has 0 saturated heterocycles. The first kappa shape index (κ1) is 25.4. The van der Waals surface area contributed by atoms with Crippen molar-refractivity contribution >= 4 is 23.8 Å². The number of hydrogen-bond acceptors (Lipinski definition) is 3. The molecule has 40 heavy (non-hydrogen) atoms. The molecular weight excluding hydrogens is 511 g/mol. The van der Waals surface area contributed by atoms with Crippen LogP contribution in [0.4, 0.5) is 0 Å². The molecule has 194 valence electrons. The highest BCUT2D eigenvalue weighted by atomic mass is 31.1. The van der Waals surface area contributed by atoms with E-state index in [0.29, 0.717) is 0 Å². The third-order valence-corrected chi connectivity index (χ3v) is 8.55. The summed E-state index contributed by atoms with van der Waals surface area (Å²) < 4.78 is 18.6. The van der Waals surface area contributed by atoms with Crippen LogP contribution in [0.5, 0.6) is 34.5 Å². The van der Waals surface area contributed by atoms with Crippen LogP contribution in [0.2, 0.25) is 0 Å². The van der Waals surface area contributed by atoms with Crippen molar-refractivity contribution in [1.82, 2.24) is 0 Å². The number of benzene rings is 6. The minimum atomic E-state index is -0.958. The zero-order valence-corrected chi connectivity index (χ0v) is 22.7. The van der Waals surface area contributed by atoms with Crippen LogP contribution in [0.3, 0.4) is 0 Å². The van der Waals surface area contributed by atoms with Crippen molar-refractivity contribution in [2.75, 3.05) is 0 Å². The first-order chi connectivity index (χ1) is 19.8. The Hall–Kier alpha value is -4.85. The first-order valence-corrected chi connectivity index (χ1v) is 14.4. The average molecular weight is 539 g/mol. The SMILES string of the molecule is c1ccc(Oc2cccc(P(c3cccc(Oc4ccccc4)c3)c3cccc(Oc4ccccc4)c3)c2)cc1. The Kier molecular flexibility index (Phi) is 7.84. The zero-order valence-electron chi connectivity index (χ0n) is 21.8. The lowest BCUT2D eigenvalue weighted by molar-refractivity contribution is 0.483. The molecule has 0 N–H and O–H groups in total. The zero-order chi connectivity index (χ0) is 27.0. The number of ether oxygens (including phenoxy) is 3. The van der Waals surface area contributed by atoms with Crippen molar-refractivity contribution < 1.29 is 14.2 Å². The second kappa shape index (κ2) is 12.3. The minimum absolute atomic E-state index is 0.796. The third-order valence-electron chi connectivity index (χ3n) is 6.16. The van der Waals surface area contributed by atoms with E-state index in [1.165, 1.54) is 0 Å². The maximum absolute atomic E-state index is 6.21. The molecule has 4 heteroatoms. The highest BCUT2D eigenvalue weighted by Crippen LogP contribution is 2.37. The van der Waals surface area contributed by atoms with E-state index in [9.17, 15) is 0 Å². The van der Waals surface area contributed by atoms with Gasteiger partial charge in [0, 0.05) is 0 Å². The Morgan fingerprint density at radius 1 is 0.275 bits per heavy atom. The van der Waals surface area contributed by atoms with Crippen molar-refractivity contribution in [1.29, 1.82) is 0 Å². The van der Waals surface area contributed by atoms with Crippen LogP contribution in [-0.2, 0) is 0 Å². The van der Waals surface area contributed by atoms with Gasteiger partial charge in [-0.1, -0.05) is 91.0 Å². The fourth-order valence-corrected chi connectivity index (χ4v) is 6.75. The van der Waals surface area contributed by atoms with Gasteiger partial charge in [-0.25, -0.2) is 0 Å². The van der Waals surface area contributed by atoms with E-state index in [2.05, 4.69) is 54.6 Å². The van der Waals surface area contributed by atoms with Crippen molar-refractivity contribution in [3.8, 4) is 34.5 Å². The van der Waals surface area contributed by atoms with Gasteiger partial charge in [0.25, 0.3) is 0 Å². The fraction of sp³-hybridized carbons (Fsp3) is 0. The van der Waals surface area contributed by atoms with E-state index in [4.69, 9.17) is 14.2 Å². The second-order valence-corrected chi connectivity index (χ2v) is 11.3. The van der Waals surface area contributed by atoms with E-state index in [1.807, 2.05) is 109 Å². The fourth-order valence-electron chi connectivity index (χ4n) is 4.38. The molecule has 0 aliphatic heterocycles. The van der Waals surface area contributed by atoms with Crippen LogP contribution in [0.15, 0.2) is 164 Å². The van der Waals surface area contributed by atoms with Crippen LogP contribution in [0.25, 0.3) is 0 Å². The van der Waals surface area contributed by atoms with Gasteiger partial charge in [0.2, 0.25) is 0 Å². The minimum Gasteiger partial charge on any atom is -0.457 e. The van der Waals surface area contributed by atoms with Crippen molar-refractivity contribution in [2.24, 2.45) is 0 Å². The van der Waals surface area contributed by atoms with Gasteiger partial charge >= 0.3 is 0 Å². The highest BCUT2D eigenvalue weighted by Gasteiger charge is 2.19. The van der Waals surface area contributed by atoms with Gasteiger partial charge in [-0.3, -0.25) is 0 Å². The molecule has 0 aliphatic rings. The molecule has 0 bridgehead atoms. The number of hydrogen-bond donors (Lipinski definition) is 0. The van der Waals surface area contributed by atoms with Crippen LogP contribution in [0.1, 0.15) is 0 Å². The summed E-state index contributed by atoms with van der Waals surface area (Å²) in [6, 6.07) is 54.6. The number of rotatable bonds is 9. The van der Waals surface area contributed by atoms with Crippen molar-refractivity contribution in [2.45, 2.75) is 0 Å². The molecule has 3 nitrogen and oxygen atoms in total. The van der Waals surface area contributed by atoms with E-state index in [1.54, 1.807) is 0 Å². The van der Waals surface area contributed by atoms with Gasteiger partial charge in [0.15, 0.2) is 0 Å². The van der Waals surface area contributed by atoms with E-state index in [-0.39, 0.29) is 0 Å². The van der Waals surface area contributed by atoms with Crippen LogP contribution >= 0.6 is 7.92 Å². The smallest absolute Gasteiger partial charge is 0.128 e. The normalized spacial score (nSPS) is 10.7. The molecule has 6 aromatic carbocycles. The highest BCUT2D eigenvalue weighted by molar-refractivity contribution is 7.79. The van der Waals surface area contributed by atoms with Gasteiger partial charge in [0.1, 0.15) is 34.5 Å². The molecule has 0 aromatic heterocycles. The summed E-state index contributed by atoms with van der Waals surface area (Å²) in [5, 5.41) is 3.49. The molecule has 0 saturated carbocycles. The molecule has 0 unspecified atom stereocenters. The molecule has 0 fully saturated rings. The summed E-state index contributed by atoms with van der Waals surface area (Å²) in [6.45, 7) is 0. The molecule has 0 amide bonds. The standard InChI is InChI=1S/C36H27O3P/c1-4-13-28(14-5-1)37-31-19-10-22-34(25-31)40(35-23-11-20-32(26-35)38-29-15-6-2-7-16-29)36-24-12-21-33(27-36)39-30-17-8-3-9-18-30/h1-27H. The van der Waals surface area contributed by atoms with Gasteiger partial charge in [-0.15, -0.1) is 0 Å². The van der Waals surface area contributed by atoms with E-state index >= 15 is 0 Å². The Balaban J connectivity index is 1.39. The maximum Gasteiger partial charge on any atom is 0.128 e. The second-order valence-electron chi connectivity index (χ2n) is 9.07. The van der Waals surface area contributed by atoms with Gasteiger partial charge in [-0.05, 0) is 96.6 Å². The summed E-state index contributed by atoms with van der Waals surface area (Å²) in [5.41, 5.74) is 0. The van der Waals surface area contributed by atoms with Gasteiger partial charge in [0.05, 0.1) is 0 Å². The Labute approximate surface area is 236 Å². The molecule has 0 spiro atoms. The Morgan fingerprint density at radius 2 is 0.550 bits per heavy atom. The molecule has 0 atom stereocenters. The van der Waals surface area contributed by atoms with Gasteiger partial charge < -0.3 is 14.2 Å². The Morgan fingerprint density at radius 3 is 0.850 bits per heavy atom. The molecule has 6 rings (SSSR count). The summed E-state index contributed by atoms with van der Waals surface area (Å²) in [4.78, 5) is 0. The lowest BCUT2D eigenvalue weighted by Crippen LogP contribution is -2.21. The van der Waals surface area contributed by atoms with E-state index < -0.39 is 7.92 Å². The molecule has 0 aliphatic carbocycles. The summed E-state index contributed by atoms with van der Waals surface area (Å²) in [5.74, 6) is 4.81. The summed E-state index contributed by atoms with van der Waals surface area (Å²) >= 11 is 0. The summed E-state index contributed by atoms with van der Waals surface area (Å²) in [6.07, 6.45) is 0. The molecular formula is C36H27O3P. The largest absolute Gasteiger partial charge is 0.457 e. The van der Waals surface area contributed by atoms with Crippen LogP contribution in [0, 0.1) is 0 Å². The summed E-state index contributed by atoms with van der Waals surface area (Å²) in [7, 11) is -0.958. The predicted octanol–water partition coefficient (Wildman–Crippen LogP) is 8.82. The van der Waals surface area contributed by atoms with Crippen LogP contribution in [-0.4, -0.2) is 0 Å². The topological polar surface area (TPSA) is 27.7 Å². The van der Waals surface area contributed by atoms with Crippen molar-refractivity contribution in [3.63, 3.8) is 0 Å². The quantitative estimate of drug-likeness (QED) is 0.172. The van der Waals surface area contributed by atoms with Crippen LogP contribution < -0.4 is 30.1 Å².